The molecule has 0 aliphatic heterocycles. The molecule has 8 nitrogen and oxygen atoms in total. The predicted molar refractivity (Wildman–Crippen MR) is 118 cm³/mol. The lowest BCUT2D eigenvalue weighted by molar-refractivity contribution is 0.0446. The first-order valence-electron chi connectivity index (χ1n) is 11.1. The molecule has 0 saturated heterocycles. The van der Waals surface area contributed by atoms with Gasteiger partial charge in [-0.25, -0.2) is 9.59 Å². The van der Waals surface area contributed by atoms with Crippen LogP contribution in [0.15, 0.2) is 4.99 Å². The van der Waals surface area contributed by atoms with Gasteiger partial charge in [0.05, 0.1) is 12.7 Å². The summed E-state index contributed by atoms with van der Waals surface area (Å²) >= 11 is 0. The maximum Gasteiger partial charge on any atom is 0.407 e. The molecule has 0 aromatic carbocycles. The third-order valence-electron chi connectivity index (χ3n) is 4.70. The van der Waals surface area contributed by atoms with E-state index in [4.69, 9.17) is 19.2 Å². The van der Waals surface area contributed by atoms with Gasteiger partial charge in [-0.05, 0) is 79.6 Å². The Hall–Kier alpha value is -1.83. The molecule has 0 bridgehead atoms. The summed E-state index contributed by atoms with van der Waals surface area (Å²) in [5, 5.41) is 5.63. The van der Waals surface area contributed by atoms with E-state index in [1.54, 1.807) is 0 Å². The SMILES string of the molecule is CCC(=NC(C)OCCNC(=O)OC(C)(C)C)C1CCC(NC(=O)OC(C)C)CC1. The molecule has 2 amide bonds. The molecule has 0 spiro atoms. The van der Waals surface area contributed by atoms with Crippen molar-refractivity contribution in [1.29, 1.82) is 0 Å². The van der Waals surface area contributed by atoms with Crippen LogP contribution in [0, 0.1) is 5.92 Å². The van der Waals surface area contributed by atoms with Gasteiger partial charge in [-0.1, -0.05) is 6.92 Å². The zero-order valence-electron chi connectivity index (χ0n) is 19.7. The molecule has 0 aromatic rings. The molecule has 1 unspecified atom stereocenters. The zero-order chi connectivity index (χ0) is 22.7. The second kappa shape index (κ2) is 12.8. The second-order valence-electron chi connectivity index (χ2n) is 9.02. The second-order valence-corrected chi connectivity index (χ2v) is 9.02. The van der Waals surface area contributed by atoms with Gasteiger partial charge in [-0.2, -0.15) is 0 Å². The van der Waals surface area contributed by atoms with Crippen molar-refractivity contribution in [3.8, 4) is 0 Å². The van der Waals surface area contributed by atoms with Gasteiger partial charge >= 0.3 is 12.2 Å². The quantitative estimate of drug-likeness (QED) is 0.419. The fourth-order valence-electron chi connectivity index (χ4n) is 3.44. The first kappa shape index (κ1) is 26.2. The molecule has 174 valence electrons. The number of rotatable bonds is 9. The highest BCUT2D eigenvalue weighted by Crippen LogP contribution is 2.27. The van der Waals surface area contributed by atoms with Crippen LogP contribution < -0.4 is 10.6 Å². The van der Waals surface area contributed by atoms with Crippen molar-refractivity contribution in [2.45, 2.75) is 105 Å². The lowest BCUT2D eigenvalue weighted by Crippen LogP contribution is -2.39. The van der Waals surface area contributed by atoms with Crippen LogP contribution in [0.2, 0.25) is 0 Å². The first-order valence-corrected chi connectivity index (χ1v) is 11.1. The van der Waals surface area contributed by atoms with E-state index in [0.29, 0.717) is 19.1 Å². The van der Waals surface area contributed by atoms with E-state index in [2.05, 4.69) is 17.6 Å². The van der Waals surface area contributed by atoms with E-state index < -0.39 is 11.7 Å². The summed E-state index contributed by atoms with van der Waals surface area (Å²) in [5.41, 5.74) is 0.646. The average molecular weight is 428 g/mol. The lowest BCUT2D eigenvalue weighted by atomic mass is 9.82. The van der Waals surface area contributed by atoms with Gasteiger partial charge in [-0.3, -0.25) is 4.99 Å². The van der Waals surface area contributed by atoms with Gasteiger partial charge in [0.1, 0.15) is 11.8 Å². The van der Waals surface area contributed by atoms with Crippen LogP contribution in [0.5, 0.6) is 0 Å². The number of amides is 2. The Labute approximate surface area is 181 Å². The Morgan fingerprint density at radius 2 is 1.70 bits per heavy atom. The molecule has 8 heteroatoms. The fourth-order valence-corrected chi connectivity index (χ4v) is 3.44. The summed E-state index contributed by atoms with van der Waals surface area (Å²) in [4.78, 5) is 28.2. The number of carbonyl (C=O) groups is 2. The highest BCUT2D eigenvalue weighted by atomic mass is 16.6. The van der Waals surface area contributed by atoms with E-state index in [0.717, 1.165) is 37.8 Å². The molecule has 0 radical (unpaired) electrons. The van der Waals surface area contributed by atoms with Crippen molar-refractivity contribution < 1.29 is 23.8 Å². The van der Waals surface area contributed by atoms with Gasteiger partial charge in [-0.15, -0.1) is 0 Å². The van der Waals surface area contributed by atoms with Crippen molar-refractivity contribution in [2.24, 2.45) is 10.9 Å². The zero-order valence-corrected chi connectivity index (χ0v) is 19.7. The molecule has 0 aromatic heterocycles. The number of nitrogens with zero attached hydrogens (tertiary/aromatic N) is 1. The molecular weight excluding hydrogens is 386 g/mol. The summed E-state index contributed by atoms with van der Waals surface area (Å²) in [7, 11) is 0. The molecule has 2 N–H and O–H groups in total. The van der Waals surface area contributed by atoms with Crippen molar-refractivity contribution in [2.75, 3.05) is 13.2 Å². The van der Waals surface area contributed by atoms with Crippen molar-refractivity contribution in [1.82, 2.24) is 10.6 Å². The summed E-state index contributed by atoms with van der Waals surface area (Å²) < 4.78 is 16.1. The summed E-state index contributed by atoms with van der Waals surface area (Å²) in [6.45, 7) is 13.9. The van der Waals surface area contributed by atoms with Crippen molar-refractivity contribution in [3.63, 3.8) is 0 Å². The van der Waals surface area contributed by atoms with Crippen LogP contribution in [0.25, 0.3) is 0 Å². The highest BCUT2D eigenvalue weighted by molar-refractivity contribution is 5.86. The van der Waals surface area contributed by atoms with Crippen LogP contribution in [0.4, 0.5) is 9.59 Å². The third kappa shape index (κ3) is 11.4. The minimum atomic E-state index is -0.512. The van der Waals surface area contributed by atoms with Crippen molar-refractivity contribution in [3.05, 3.63) is 0 Å². The molecule has 1 fully saturated rings. The maximum atomic E-state index is 11.8. The van der Waals surface area contributed by atoms with Crippen LogP contribution >= 0.6 is 0 Å². The Kier molecular flexibility index (Phi) is 11.2. The van der Waals surface area contributed by atoms with Crippen LogP contribution in [-0.4, -0.2) is 55.0 Å². The van der Waals surface area contributed by atoms with E-state index >= 15 is 0 Å². The van der Waals surface area contributed by atoms with E-state index in [1.165, 1.54) is 0 Å². The number of aliphatic imine (C=N–C) groups is 1. The molecule has 1 aliphatic rings. The van der Waals surface area contributed by atoms with Crippen molar-refractivity contribution >= 4 is 17.9 Å². The fraction of sp³-hybridized carbons (Fsp3) is 0.864. The van der Waals surface area contributed by atoms with Crippen LogP contribution in [0.3, 0.4) is 0 Å². The van der Waals surface area contributed by atoms with Crippen LogP contribution in [0.1, 0.15) is 80.6 Å². The molecular formula is C22H41N3O5. The molecule has 1 rings (SSSR count). The third-order valence-corrected chi connectivity index (χ3v) is 4.70. The Balaban J connectivity index is 2.36. The van der Waals surface area contributed by atoms with Crippen LogP contribution in [-0.2, 0) is 14.2 Å². The monoisotopic (exact) mass is 427 g/mol. The number of carbonyl (C=O) groups excluding carboxylic acids is 2. The molecule has 1 aliphatic carbocycles. The minimum absolute atomic E-state index is 0.110. The molecule has 1 saturated carbocycles. The highest BCUT2D eigenvalue weighted by Gasteiger charge is 2.26. The average Bonchev–Trinajstić information content (AvgIpc) is 2.62. The predicted octanol–water partition coefficient (Wildman–Crippen LogP) is 4.42. The lowest BCUT2D eigenvalue weighted by Gasteiger charge is -2.30. The standard InChI is InChI=1S/C22H41N3O5/c1-8-19(17-9-11-18(12-10-17)25-21(27)29-15(2)3)24-16(4)28-14-13-23-20(26)30-22(5,6)7/h15-18H,8-14H2,1-7H3,(H,23,26)(H,25,27). The smallest absolute Gasteiger partial charge is 0.407 e. The molecule has 0 heterocycles. The van der Waals surface area contributed by atoms with Gasteiger partial charge in [0, 0.05) is 18.3 Å². The minimum Gasteiger partial charge on any atom is -0.447 e. The summed E-state index contributed by atoms with van der Waals surface area (Å²) in [6.07, 6.45) is 3.55. The maximum absolute atomic E-state index is 11.8. The number of nitrogens with one attached hydrogen (secondary N) is 2. The number of hydrogen-bond acceptors (Lipinski definition) is 6. The van der Waals surface area contributed by atoms with Gasteiger partial charge in [0.25, 0.3) is 0 Å². The number of ether oxygens (including phenoxy) is 3. The van der Waals surface area contributed by atoms with Gasteiger partial charge in [0.15, 0.2) is 0 Å². The van der Waals surface area contributed by atoms with E-state index in [1.807, 2.05) is 41.5 Å². The van der Waals surface area contributed by atoms with Gasteiger partial charge in [0.2, 0.25) is 0 Å². The summed E-state index contributed by atoms with van der Waals surface area (Å²) in [6, 6.07) is 0.165. The Bertz CT molecular complexity index is 564. The first-order chi connectivity index (χ1) is 14.0. The molecule has 1 atom stereocenters. The largest absolute Gasteiger partial charge is 0.447 e. The topological polar surface area (TPSA) is 98.3 Å². The Morgan fingerprint density at radius 3 is 2.23 bits per heavy atom. The summed E-state index contributed by atoms with van der Waals surface area (Å²) in [5.74, 6) is 0.417. The number of hydrogen-bond donors (Lipinski definition) is 2. The van der Waals surface area contributed by atoms with E-state index in [9.17, 15) is 9.59 Å². The van der Waals surface area contributed by atoms with E-state index in [-0.39, 0.29) is 24.5 Å². The Morgan fingerprint density at radius 1 is 1.07 bits per heavy atom. The molecule has 30 heavy (non-hydrogen) atoms. The normalized spacial score (nSPS) is 21.1. The number of alkyl carbamates (subject to hydrolysis) is 2. The van der Waals surface area contributed by atoms with Gasteiger partial charge < -0.3 is 24.8 Å².